The first kappa shape index (κ1) is 14.9. The highest BCUT2D eigenvalue weighted by Gasteiger charge is 2.27. The molecule has 1 atom stereocenters. The Bertz CT molecular complexity index is 621. The van der Waals surface area contributed by atoms with E-state index in [9.17, 15) is 8.78 Å². The lowest BCUT2D eigenvalue weighted by molar-refractivity contribution is 0.0127. The molecule has 0 aliphatic heterocycles. The van der Waals surface area contributed by atoms with Crippen molar-refractivity contribution >= 4 is 12.4 Å². The molecular weight excluding hydrogens is 286 g/mol. The summed E-state index contributed by atoms with van der Waals surface area (Å²) in [5, 5.41) is 4.40. The van der Waals surface area contributed by atoms with E-state index in [-0.39, 0.29) is 24.1 Å². The molecule has 0 saturated heterocycles. The highest BCUT2D eigenvalue weighted by Crippen LogP contribution is 2.30. The normalized spacial score (nSPS) is 17.7. The van der Waals surface area contributed by atoms with Crippen LogP contribution in [0.5, 0.6) is 0 Å². The van der Waals surface area contributed by atoms with E-state index in [1.807, 2.05) is 6.20 Å². The second-order valence-electron chi connectivity index (χ2n) is 4.91. The van der Waals surface area contributed by atoms with Crippen molar-refractivity contribution in [1.82, 2.24) is 14.8 Å². The summed E-state index contributed by atoms with van der Waals surface area (Å²) in [7, 11) is 0. The van der Waals surface area contributed by atoms with E-state index in [0.29, 0.717) is 5.69 Å². The zero-order valence-corrected chi connectivity index (χ0v) is 11.7. The van der Waals surface area contributed by atoms with Gasteiger partial charge in [0.2, 0.25) is 0 Å². The minimum atomic E-state index is -2.96. The highest BCUT2D eigenvalue weighted by molar-refractivity contribution is 5.85. The smallest absolute Gasteiger partial charge is 0.287 e. The first-order valence-corrected chi connectivity index (χ1v) is 6.14. The van der Waals surface area contributed by atoms with Gasteiger partial charge in [-0.15, -0.1) is 12.4 Å². The van der Waals surface area contributed by atoms with Gasteiger partial charge in [0.15, 0.2) is 0 Å². The van der Waals surface area contributed by atoms with Crippen LogP contribution in [-0.4, -0.2) is 14.8 Å². The van der Waals surface area contributed by atoms with Gasteiger partial charge in [-0.2, -0.15) is 13.9 Å². The molecule has 3 rings (SSSR count). The monoisotopic (exact) mass is 300 g/mol. The Morgan fingerprint density at radius 3 is 2.85 bits per heavy atom. The van der Waals surface area contributed by atoms with Crippen molar-refractivity contribution < 1.29 is 8.78 Å². The van der Waals surface area contributed by atoms with Crippen LogP contribution in [0.1, 0.15) is 36.3 Å². The van der Waals surface area contributed by atoms with E-state index >= 15 is 0 Å². The number of fused-ring (bicyclic) bond motifs is 1. The highest BCUT2D eigenvalue weighted by atomic mass is 35.5. The van der Waals surface area contributed by atoms with Gasteiger partial charge in [0.25, 0.3) is 5.92 Å². The SMILES string of the molecule is CC(F)(F)c1cc(-n2cc3c(n2)CC[C@@H]3N)ccn1.Cl. The Morgan fingerprint density at radius 2 is 2.20 bits per heavy atom. The molecule has 0 saturated carbocycles. The third kappa shape index (κ3) is 2.53. The number of alkyl halides is 2. The van der Waals surface area contributed by atoms with Gasteiger partial charge < -0.3 is 5.73 Å². The van der Waals surface area contributed by atoms with E-state index in [1.165, 1.54) is 12.3 Å². The number of halogens is 3. The Kier molecular flexibility index (Phi) is 3.80. The standard InChI is InChI=1S/C13H14F2N4.ClH/c1-13(14,15)12-6-8(4-5-17-12)19-7-9-10(16)2-3-11(9)18-19;/h4-7,10H,2-3,16H2,1H3;1H/t10-;/m0./s1. The molecule has 20 heavy (non-hydrogen) atoms. The molecule has 2 aromatic heterocycles. The van der Waals surface area contributed by atoms with Gasteiger partial charge in [-0.3, -0.25) is 4.98 Å². The van der Waals surface area contributed by atoms with Crippen molar-refractivity contribution in [3.8, 4) is 5.69 Å². The third-order valence-corrected chi connectivity index (χ3v) is 3.37. The summed E-state index contributed by atoms with van der Waals surface area (Å²) >= 11 is 0. The summed E-state index contributed by atoms with van der Waals surface area (Å²) in [5.41, 5.74) is 8.22. The Morgan fingerprint density at radius 1 is 1.45 bits per heavy atom. The molecule has 1 aliphatic rings. The van der Waals surface area contributed by atoms with Crippen LogP contribution >= 0.6 is 12.4 Å². The summed E-state index contributed by atoms with van der Waals surface area (Å²) in [6, 6.07) is 3.01. The van der Waals surface area contributed by atoms with E-state index in [2.05, 4.69) is 10.1 Å². The van der Waals surface area contributed by atoms with Crippen molar-refractivity contribution in [3.63, 3.8) is 0 Å². The average Bonchev–Trinajstić information content (AvgIpc) is 2.91. The summed E-state index contributed by atoms with van der Waals surface area (Å²) < 4.78 is 28.1. The lowest BCUT2D eigenvalue weighted by atomic mass is 10.2. The quantitative estimate of drug-likeness (QED) is 0.928. The molecular formula is C13H15ClF2N4. The number of hydrogen-bond donors (Lipinski definition) is 1. The predicted octanol–water partition coefficient (Wildman–Crippen LogP) is 2.75. The van der Waals surface area contributed by atoms with Crippen LogP contribution < -0.4 is 5.73 Å². The molecule has 0 spiro atoms. The Hall–Kier alpha value is -1.53. The summed E-state index contributed by atoms with van der Waals surface area (Å²) in [6.45, 7) is 0.831. The van der Waals surface area contributed by atoms with Gasteiger partial charge in [0, 0.05) is 30.9 Å². The van der Waals surface area contributed by atoms with Crippen molar-refractivity contribution in [2.45, 2.75) is 31.7 Å². The predicted molar refractivity (Wildman–Crippen MR) is 73.4 cm³/mol. The second-order valence-corrected chi connectivity index (χ2v) is 4.91. The topological polar surface area (TPSA) is 56.7 Å². The van der Waals surface area contributed by atoms with Crippen LogP contribution in [-0.2, 0) is 12.3 Å². The first-order valence-electron chi connectivity index (χ1n) is 6.14. The Labute approximate surface area is 121 Å². The van der Waals surface area contributed by atoms with Crippen LogP contribution in [0.3, 0.4) is 0 Å². The number of nitrogens with zero attached hydrogens (tertiary/aromatic N) is 3. The number of rotatable bonds is 2. The molecule has 4 nitrogen and oxygen atoms in total. The molecule has 1 aliphatic carbocycles. The van der Waals surface area contributed by atoms with Crippen molar-refractivity contribution in [2.75, 3.05) is 0 Å². The van der Waals surface area contributed by atoms with Gasteiger partial charge in [0.05, 0.1) is 11.4 Å². The summed E-state index contributed by atoms with van der Waals surface area (Å²) in [6.07, 6.45) is 4.92. The van der Waals surface area contributed by atoms with Crippen LogP contribution in [0.25, 0.3) is 5.69 Å². The first-order chi connectivity index (χ1) is 8.95. The molecule has 108 valence electrons. The maximum absolute atomic E-state index is 13.3. The number of aryl methyl sites for hydroxylation is 1. The van der Waals surface area contributed by atoms with Gasteiger partial charge in [-0.1, -0.05) is 0 Å². The molecule has 2 heterocycles. The molecule has 0 unspecified atom stereocenters. The summed E-state index contributed by atoms with van der Waals surface area (Å²) in [4.78, 5) is 3.70. The maximum Gasteiger partial charge on any atom is 0.287 e. The maximum atomic E-state index is 13.3. The zero-order valence-electron chi connectivity index (χ0n) is 10.9. The second kappa shape index (κ2) is 5.10. The molecule has 2 aromatic rings. The molecule has 0 fully saturated rings. The van der Waals surface area contributed by atoms with Crippen molar-refractivity contribution in [1.29, 1.82) is 0 Å². The Balaban J connectivity index is 0.00000147. The molecule has 7 heteroatoms. The molecule has 0 aromatic carbocycles. The van der Waals surface area contributed by atoms with Gasteiger partial charge in [-0.05, 0) is 25.0 Å². The van der Waals surface area contributed by atoms with Gasteiger partial charge >= 0.3 is 0 Å². The van der Waals surface area contributed by atoms with Crippen LogP contribution in [0, 0.1) is 0 Å². The zero-order chi connectivity index (χ0) is 13.6. The average molecular weight is 301 g/mol. The fraction of sp³-hybridized carbons (Fsp3) is 0.385. The van der Waals surface area contributed by atoms with Crippen LogP contribution in [0.2, 0.25) is 0 Å². The lowest BCUT2D eigenvalue weighted by Crippen LogP contribution is -2.11. The molecule has 0 amide bonds. The molecule has 0 radical (unpaired) electrons. The van der Waals surface area contributed by atoms with E-state index < -0.39 is 5.92 Å². The molecule has 2 N–H and O–H groups in total. The van der Waals surface area contributed by atoms with E-state index in [4.69, 9.17) is 5.73 Å². The van der Waals surface area contributed by atoms with E-state index in [0.717, 1.165) is 31.0 Å². The van der Waals surface area contributed by atoms with Gasteiger partial charge in [0.1, 0.15) is 5.69 Å². The number of pyridine rings is 1. The number of hydrogen-bond acceptors (Lipinski definition) is 3. The van der Waals surface area contributed by atoms with Crippen molar-refractivity contribution in [3.05, 3.63) is 41.5 Å². The van der Waals surface area contributed by atoms with Gasteiger partial charge in [-0.25, -0.2) is 4.68 Å². The number of aromatic nitrogens is 3. The van der Waals surface area contributed by atoms with Crippen LogP contribution in [0.4, 0.5) is 8.78 Å². The minimum Gasteiger partial charge on any atom is -0.324 e. The minimum absolute atomic E-state index is 0. The fourth-order valence-electron chi connectivity index (χ4n) is 2.31. The van der Waals surface area contributed by atoms with Crippen LogP contribution in [0.15, 0.2) is 24.5 Å². The lowest BCUT2D eigenvalue weighted by Gasteiger charge is -2.10. The fourth-order valence-corrected chi connectivity index (χ4v) is 2.31. The number of nitrogens with two attached hydrogens (primary N) is 1. The largest absolute Gasteiger partial charge is 0.324 e. The van der Waals surface area contributed by atoms with Crippen molar-refractivity contribution in [2.24, 2.45) is 5.73 Å². The molecule has 0 bridgehead atoms. The third-order valence-electron chi connectivity index (χ3n) is 3.37. The summed E-state index contributed by atoms with van der Waals surface area (Å²) in [5.74, 6) is -2.96. The van der Waals surface area contributed by atoms with E-state index in [1.54, 1.807) is 10.7 Å².